The van der Waals surface area contributed by atoms with Gasteiger partial charge in [-0.25, -0.2) is 0 Å². The summed E-state index contributed by atoms with van der Waals surface area (Å²) in [5, 5.41) is 40.8. The number of aliphatic carboxylic acids is 1. The quantitative estimate of drug-likeness (QED) is 0.379. The fourth-order valence-electron chi connectivity index (χ4n) is 1.46. The van der Waals surface area contributed by atoms with Crippen LogP contribution in [0.25, 0.3) is 0 Å². The number of aliphatic hydroxyl groups is 3. The smallest absolute Gasteiger partial charge is 0.217 e. The number of carboxylic acids is 1. The summed E-state index contributed by atoms with van der Waals surface area (Å²) in [5.74, 6) is -2.32. The van der Waals surface area contributed by atoms with Crippen molar-refractivity contribution in [3.8, 4) is 0 Å². The summed E-state index contributed by atoms with van der Waals surface area (Å²) in [4.78, 5) is 21.2. The third-order valence-corrected chi connectivity index (χ3v) is 2.22. The molecule has 4 N–H and O–H groups in total. The lowest BCUT2D eigenvalue weighted by atomic mass is 9.97. The van der Waals surface area contributed by atoms with Gasteiger partial charge in [-0.1, -0.05) is 0 Å². The minimum Gasteiger partial charge on any atom is -0.547 e. The minimum atomic E-state index is -1.84. The Kier molecular flexibility index (Phi) is 3.81. The van der Waals surface area contributed by atoms with Crippen LogP contribution in [0.4, 0.5) is 0 Å². The van der Waals surface area contributed by atoms with E-state index in [1.54, 1.807) is 0 Å². The molecule has 1 aliphatic rings. The van der Waals surface area contributed by atoms with Crippen LogP contribution in [0.15, 0.2) is 0 Å². The molecule has 5 atom stereocenters. The van der Waals surface area contributed by atoms with Gasteiger partial charge in [0, 0.05) is 6.92 Å². The van der Waals surface area contributed by atoms with Crippen molar-refractivity contribution in [3.05, 3.63) is 0 Å². The Balaban J connectivity index is 2.79. The number of hydrogen-bond donors (Lipinski definition) is 4. The number of rotatable bonds is 2. The van der Waals surface area contributed by atoms with Gasteiger partial charge < -0.3 is 35.3 Å². The van der Waals surface area contributed by atoms with E-state index in [0.29, 0.717) is 0 Å². The van der Waals surface area contributed by atoms with Crippen LogP contribution in [0.3, 0.4) is 0 Å². The molecule has 1 fully saturated rings. The molecule has 1 saturated heterocycles. The van der Waals surface area contributed by atoms with Crippen molar-refractivity contribution in [2.45, 2.75) is 37.6 Å². The normalized spacial score (nSPS) is 39.1. The van der Waals surface area contributed by atoms with E-state index in [4.69, 9.17) is 0 Å². The lowest BCUT2D eigenvalue weighted by molar-refractivity contribution is -0.338. The Hall–Kier alpha value is -1.22. The van der Waals surface area contributed by atoms with Crippen molar-refractivity contribution in [1.29, 1.82) is 0 Å². The van der Waals surface area contributed by atoms with E-state index in [1.165, 1.54) is 0 Å². The lowest BCUT2D eigenvalue weighted by Gasteiger charge is -2.41. The van der Waals surface area contributed by atoms with Crippen molar-refractivity contribution < 1.29 is 34.8 Å². The first-order valence-corrected chi connectivity index (χ1v) is 4.52. The van der Waals surface area contributed by atoms with Gasteiger partial charge in [-0.15, -0.1) is 0 Å². The minimum absolute atomic E-state index is 0.564. The second-order valence-electron chi connectivity index (χ2n) is 3.47. The van der Waals surface area contributed by atoms with Crippen molar-refractivity contribution in [3.63, 3.8) is 0 Å². The summed E-state index contributed by atoms with van der Waals surface area (Å²) in [7, 11) is 0. The monoisotopic (exact) mass is 234 g/mol. The van der Waals surface area contributed by atoms with E-state index >= 15 is 0 Å². The van der Waals surface area contributed by atoms with Gasteiger partial charge in [0.1, 0.15) is 24.4 Å². The van der Waals surface area contributed by atoms with E-state index in [2.05, 4.69) is 10.1 Å². The summed E-state index contributed by atoms with van der Waals surface area (Å²) in [5.41, 5.74) is 0. The number of ether oxygens (including phenoxy) is 1. The van der Waals surface area contributed by atoms with E-state index in [-0.39, 0.29) is 0 Å². The average molecular weight is 234 g/mol. The van der Waals surface area contributed by atoms with Gasteiger partial charge in [-0.2, -0.15) is 0 Å². The topological polar surface area (TPSA) is 139 Å². The van der Waals surface area contributed by atoms with Crippen molar-refractivity contribution >= 4 is 11.9 Å². The average Bonchev–Trinajstić information content (AvgIpc) is 2.17. The molecular formula is C8H12NO7-. The van der Waals surface area contributed by atoms with Crippen LogP contribution in [0.5, 0.6) is 0 Å². The van der Waals surface area contributed by atoms with Gasteiger partial charge >= 0.3 is 0 Å². The van der Waals surface area contributed by atoms with Gasteiger partial charge in [-0.05, 0) is 0 Å². The maximum atomic E-state index is 10.7. The Morgan fingerprint density at radius 1 is 1.25 bits per heavy atom. The maximum Gasteiger partial charge on any atom is 0.217 e. The Morgan fingerprint density at radius 2 is 1.81 bits per heavy atom. The highest BCUT2D eigenvalue weighted by Gasteiger charge is 2.44. The van der Waals surface area contributed by atoms with Crippen LogP contribution in [0.1, 0.15) is 6.92 Å². The van der Waals surface area contributed by atoms with Crippen molar-refractivity contribution in [1.82, 2.24) is 5.32 Å². The number of carbonyl (C=O) groups excluding carboxylic acids is 2. The van der Waals surface area contributed by atoms with E-state index in [9.17, 15) is 30.0 Å². The fourth-order valence-corrected chi connectivity index (χ4v) is 1.46. The van der Waals surface area contributed by atoms with Crippen LogP contribution < -0.4 is 10.4 Å². The zero-order chi connectivity index (χ0) is 12.5. The molecule has 0 aromatic carbocycles. The van der Waals surface area contributed by atoms with Crippen molar-refractivity contribution in [2.75, 3.05) is 0 Å². The molecule has 0 spiro atoms. The third kappa shape index (κ3) is 2.47. The molecule has 0 unspecified atom stereocenters. The molecule has 0 radical (unpaired) electrons. The molecule has 0 aromatic heterocycles. The van der Waals surface area contributed by atoms with Gasteiger partial charge in [0.15, 0.2) is 6.29 Å². The molecular weight excluding hydrogens is 222 g/mol. The number of aliphatic hydroxyl groups excluding tert-OH is 3. The van der Waals surface area contributed by atoms with E-state index in [0.717, 1.165) is 6.92 Å². The zero-order valence-corrected chi connectivity index (χ0v) is 8.36. The standard InChI is InChI=1S/C8H13NO7/c1-2(10)9-3-4(11)5(12)6(7(13)14)16-8(3)15/h3-6,8,11-12,15H,1H3,(H,9,10)(H,13,14)/p-1/t3-,4-,5-,6+,8-/m1/s1. The molecule has 0 aromatic rings. The summed E-state index contributed by atoms with van der Waals surface area (Å²) in [6, 6.07) is -1.29. The van der Waals surface area contributed by atoms with Crippen molar-refractivity contribution in [2.24, 2.45) is 0 Å². The highest BCUT2D eigenvalue weighted by atomic mass is 16.6. The molecule has 0 aliphatic carbocycles. The molecule has 8 nitrogen and oxygen atoms in total. The van der Waals surface area contributed by atoms with Gasteiger partial charge in [0.2, 0.25) is 5.91 Å². The number of amides is 1. The predicted molar refractivity (Wildman–Crippen MR) is 45.5 cm³/mol. The van der Waals surface area contributed by atoms with E-state index < -0.39 is 42.5 Å². The molecule has 1 heterocycles. The molecule has 1 amide bonds. The molecule has 1 rings (SSSR count). The van der Waals surface area contributed by atoms with Crippen LogP contribution >= 0.6 is 0 Å². The number of hydrogen-bond acceptors (Lipinski definition) is 7. The SMILES string of the molecule is CC(=O)N[C@@H]1[C@@H](O)[C@@H](O)[C@@H](C(=O)[O-])O[C@H]1O. The zero-order valence-electron chi connectivity index (χ0n) is 8.36. The lowest BCUT2D eigenvalue weighted by Crippen LogP contribution is -2.66. The Bertz CT molecular complexity index is 294. The van der Waals surface area contributed by atoms with E-state index in [1.807, 2.05) is 0 Å². The first-order chi connectivity index (χ1) is 7.34. The number of nitrogens with one attached hydrogen (secondary N) is 1. The van der Waals surface area contributed by atoms with Crippen LogP contribution in [0, 0.1) is 0 Å². The summed E-state index contributed by atoms with van der Waals surface area (Å²) in [6.45, 7) is 1.14. The summed E-state index contributed by atoms with van der Waals surface area (Å²) >= 11 is 0. The number of carbonyl (C=O) groups is 2. The highest BCUT2D eigenvalue weighted by Crippen LogP contribution is 2.19. The van der Waals surface area contributed by atoms with Crippen LogP contribution in [-0.4, -0.2) is 57.8 Å². The van der Waals surface area contributed by atoms with Gasteiger partial charge in [0.25, 0.3) is 0 Å². The molecule has 16 heavy (non-hydrogen) atoms. The van der Waals surface area contributed by atoms with Gasteiger partial charge in [0.05, 0.1) is 5.97 Å². The highest BCUT2D eigenvalue weighted by molar-refractivity contribution is 5.74. The summed E-state index contributed by atoms with van der Waals surface area (Å²) in [6.07, 6.45) is -7.01. The second kappa shape index (κ2) is 4.74. The molecule has 92 valence electrons. The third-order valence-electron chi connectivity index (χ3n) is 2.22. The fraction of sp³-hybridized carbons (Fsp3) is 0.750. The Morgan fingerprint density at radius 3 is 2.25 bits per heavy atom. The molecule has 0 bridgehead atoms. The largest absolute Gasteiger partial charge is 0.547 e. The van der Waals surface area contributed by atoms with Crippen LogP contribution in [-0.2, 0) is 14.3 Å². The molecule has 1 aliphatic heterocycles. The first kappa shape index (κ1) is 12.8. The maximum absolute atomic E-state index is 10.7. The second-order valence-corrected chi connectivity index (χ2v) is 3.47. The first-order valence-electron chi connectivity index (χ1n) is 4.52. The summed E-state index contributed by atoms with van der Waals surface area (Å²) < 4.78 is 4.51. The molecule has 0 saturated carbocycles. The molecule has 8 heteroatoms. The van der Waals surface area contributed by atoms with Gasteiger partial charge in [-0.3, -0.25) is 4.79 Å². The van der Waals surface area contributed by atoms with Crippen LogP contribution in [0.2, 0.25) is 0 Å². The predicted octanol–water partition coefficient (Wildman–Crippen LogP) is -4.32. The number of carboxylic acid groups (broad SMARTS) is 1. The Labute approximate surface area is 90.5 Å².